The van der Waals surface area contributed by atoms with Gasteiger partial charge in [-0.25, -0.2) is 0 Å². The molecule has 1 aliphatic heterocycles. The Balaban J connectivity index is 1.56. The second-order valence-electron chi connectivity index (χ2n) is 5.67. The predicted octanol–water partition coefficient (Wildman–Crippen LogP) is 2.88. The van der Waals surface area contributed by atoms with Crippen molar-refractivity contribution in [3.05, 3.63) is 30.1 Å². The quantitative estimate of drug-likeness (QED) is 0.882. The average molecular weight is 258 g/mol. The molecule has 1 aliphatic carbocycles. The van der Waals surface area contributed by atoms with Crippen LogP contribution >= 0.6 is 0 Å². The van der Waals surface area contributed by atoms with Crippen molar-refractivity contribution >= 4 is 6.08 Å². The molecule has 3 heteroatoms. The highest BCUT2D eigenvalue weighted by atomic mass is 16.5. The van der Waals surface area contributed by atoms with Gasteiger partial charge in [-0.2, -0.15) is 0 Å². The lowest BCUT2D eigenvalue weighted by atomic mass is 9.98. The highest BCUT2D eigenvalue weighted by Crippen LogP contribution is 2.29. The minimum absolute atomic E-state index is 0.657. The van der Waals surface area contributed by atoms with Crippen LogP contribution in [0.4, 0.5) is 0 Å². The summed E-state index contributed by atoms with van der Waals surface area (Å²) in [6.07, 6.45) is 13.4. The Morgan fingerprint density at radius 2 is 2.26 bits per heavy atom. The van der Waals surface area contributed by atoms with Gasteiger partial charge in [-0.05, 0) is 55.7 Å². The summed E-state index contributed by atoms with van der Waals surface area (Å²) in [5, 5.41) is 3.43. The standard InChI is InChI=1S/C16H22N2O/c1-2-13(9-17-7-1)3-6-15-8-16(11-18-10-15)19-12-14-4-5-14/h3,6,8,10-11,13-14,17H,1-2,4-5,7,9,12H2. The van der Waals surface area contributed by atoms with Crippen molar-refractivity contribution in [3.8, 4) is 5.75 Å². The summed E-state index contributed by atoms with van der Waals surface area (Å²) >= 11 is 0. The van der Waals surface area contributed by atoms with Gasteiger partial charge < -0.3 is 10.1 Å². The molecule has 2 fully saturated rings. The molecule has 2 heterocycles. The van der Waals surface area contributed by atoms with Crippen LogP contribution in [0.25, 0.3) is 6.08 Å². The smallest absolute Gasteiger partial charge is 0.138 e. The maximum atomic E-state index is 5.75. The van der Waals surface area contributed by atoms with Gasteiger partial charge in [0.2, 0.25) is 0 Å². The van der Waals surface area contributed by atoms with Crippen LogP contribution in [0.15, 0.2) is 24.5 Å². The molecule has 102 valence electrons. The molecule has 1 unspecified atom stereocenters. The van der Waals surface area contributed by atoms with E-state index in [-0.39, 0.29) is 0 Å². The van der Waals surface area contributed by atoms with Gasteiger partial charge in [0.05, 0.1) is 12.8 Å². The number of piperidine rings is 1. The molecule has 0 spiro atoms. The molecular formula is C16H22N2O. The van der Waals surface area contributed by atoms with E-state index in [0.29, 0.717) is 5.92 Å². The third kappa shape index (κ3) is 4.06. The molecule has 19 heavy (non-hydrogen) atoms. The molecule has 3 rings (SSSR count). The summed E-state index contributed by atoms with van der Waals surface area (Å²) in [6, 6.07) is 2.09. The maximum Gasteiger partial charge on any atom is 0.138 e. The summed E-state index contributed by atoms with van der Waals surface area (Å²) in [7, 11) is 0. The molecule has 0 bridgehead atoms. The van der Waals surface area contributed by atoms with Crippen LogP contribution in [-0.4, -0.2) is 24.7 Å². The SMILES string of the molecule is C(=CC1CCCNC1)c1cncc(OCC2CC2)c1. The van der Waals surface area contributed by atoms with Crippen LogP contribution < -0.4 is 10.1 Å². The van der Waals surface area contributed by atoms with E-state index in [1.807, 2.05) is 12.4 Å². The Kier molecular flexibility index (Phi) is 4.13. The third-order valence-corrected chi connectivity index (χ3v) is 3.81. The Labute approximate surface area is 115 Å². The van der Waals surface area contributed by atoms with Crippen LogP contribution in [0.5, 0.6) is 5.75 Å². The van der Waals surface area contributed by atoms with Crippen LogP contribution in [0.3, 0.4) is 0 Å². The van der Waals surface area contributed by atoms with Crippen LogP contribution in [0, 0.1) is 11.8 Å². The van der Waals surface area contributed by atoms with Gasteiger partial charge in [0.25, 0.3) is 0 Å². The van der Waals surface area contributed by atoms with Gasteiger partial charge in [-0.1, -0.05) is 12.2 Å². The molecule has 1 saturated carbocycles. The Morgan fingerprint density at radius 3 is 3.05 bits per heavy atom. The van der Waals surface area contributed by atoms with Crippen LogP contribution in [-0.2, 0) is 0 Å². The monoisotopic (exact) mass is 258 g/mol. The number of pyridine rings is 1. The van der Waals surface area contributed by atoms with Crippen LogP contribution in [0.1, 0.15) is 31.2 Å². The number of hydrogen-bond donors (Lipinski definition) is 1. The van der Waals surface area contributed by atoms with E-state index in [4.69, 9.17) is 4.74 Å². The largest absolute Gasteiger partial charge is 0.492 e. The first kappa shape index (κ1) is 12.7. The van der Waals surface area contributed by atoms with E-state index in [2.05, 4.69) is 28.5 Å². The van der Waals surface area contributed by atoms with Crippen molar-refractivity contribution in [2.45, 2.75) is 25.7 Å². The summed E-state index contributed by atoms with van der Waals surface area (Å²) in [5.41, 5.74) is 1.14. The number of aromatic nitrogens is 1. The van der Waals surface area contributed by atoms with Gasteiger partial charge in [0.1, 0.15) is 5.75 Å². The second-order valence-corrected chi connectivity index (χ2v) is 5.67. The summed E-state index contributed by atoms with van der Waals surface area (Å²) in [6.45, 7) is 3.11. The van der Waals surface area contributed by atoms with E-state index in [1.165, 1.54) is 25.7 Å². The molecule has 1 saturated heterocycles. The van der Waals surface area contributed by atoms with Gasteiger partial charge >= 0.3 is 0 Å². The minimum Gasteiger partial charge on any atom is -0.492 e. The Bertz CT molecular complexity index is 434. The fourth-order valence-electron chi connectivity index (χ4n) is 2.39. The van der Waals surface area contributed by atoms with E-state index in [1.54, 1.807) is 0 Å². The summed E-state index contributed by atoms with van der Waals surface area (Å²) < 4.78 is 5.75. The molecular weight excluding hydrogens is 236 g/mol. The van der Waals surface area contributed by atoms with Gasteiger partial charge in [-0.15, -0.1) is 0 Å². The number of rotatable bonds is 5. The van der Waals surface area contributed by atoms with Crippen LogP contribution in [0.2, 0.25) is 0 Å². The van der Waals surface area contributed by atoms with Crippen molar-refractivity contribution in [2.24, 2.45) is 11.8 Å². The molecule has 1 N–H and O–H groups in total. The molecule has 3 nitrogen and oxygen atoms in total. The first-order chi connectivity index (χ1) is 9.40. The fraction of sp³-hybridized carbons (Fsp3) is 0.562. The van der Waals surface area contributed by atoms with Gasteiger partial charge in [0.15, 0.2) is 0 Å². The second kappa shape index (κ2) is 6.20. The number of nitrogens with zero attached hydrogens (tertiary/aromatic N) is 1. The van der Waals surface area contributed by atoms with Crippen molar-refractivity contribution in [1.29, 1.82) is 0 Å². The molecule has 1 atom stereocenters. The molecule has 2 aliphatic rings. The fourth-order valence-corrected chi connectivity index (χ4v) is 2.39. The zero-order valence-corrected chi connectivity index (χ0v) is 11.3. The number of hydrogen-bond acceptors (Lipinski definition) is 3. The van der Waals surface area contributed by atoms with Crippen molar-refractivity contribution in [2.75, 3.05) is 19.7 Å². The zero-order valence-electron chi connectivity index (χ0n) is 11.3. The average Bonchev–Trinajstić information content (AvgIpc) is 3.29. The normalized spacial score (nSPS) is 23.7. The molecule has 1 aromatic heterocycles. The predicted molar refractivity (Wildman–Crippen MR) is 77.1 cm³/mol. The van der Waals surface area contributed by atoms with Crippen molar-refractivity contribution in [3.63, 3.8) is 0 Å². The maximum absolute atomic E-state index is 5.75. The number of nitrogens with one attached hydrogen (secondary N) is 1. The van der Waals surface area contributed by atoms with E-state index < -0.39 is 0 Å². The van der Waals surface area contributed by atoms with E-state index in [9.17, 15) is 0 Å². The van der Waals surface area contributed by atoms with E-state index >= 15 is 0 Å². The highest BCUT2D eigenvalue weighted by Gasteiger charge is 2.21. The molecule has 0 amide bonds. The summed E-state index contributed by atoms with van der Waals surface area (Å²) in [4.78, 5) is 4.25. The highest BCUT2D eigenvalue weighted by molar-refractivity contribution is 5.50. The Morgan fingerprint density at radius 1 is 1.32 bits per heavy atom. The molecule has 0 aromatic carbocycles. The topological polar surface area (TPSA) is 34.2 Å². The first-order valence-corrected chi connectivity index (χ1v) is 7.37. The van der Waals surface area contributed by atoms with E-state index in [0.717, 1.165) is 36.9 Å². The lowest BCUT2D eigenvalue weighted by Crippen LogP contribution is -2.28. The first-order valence-electron chi connectivity index (χ1n) is 7.37. The third-order valence-electron chi connectivity index (χ3n) is 3.81. The number of ether oxygens (including phenoxy) is 1. The zero-order chi connectivity index (χ0) is 12.9. The summed E-state index contributed by atoms with van der Waals surface area (Å²) in [5.74, 6) is 2.34. The van der Waals surface area contributed by atoms with Crippen molar-refractivity contribution in [1.82, 2.24) is 10.3 Å². The molecule has 1 aromatic rings. The lowest BCUT2D eigenvalue weighted by molar-refractivity contribution is 0.298. The molecule has 0 radical (unpaired) electrons. The van der Waals surface area contributed by atoms with Gasteiger partial charge in [0, 0.05) is 12.7 Å². The van der Waals surface area contributed by atoms with Gasteiger partial charge in [-0.3, -0.25) is 4.98 Å². The Hall–Kier alpha value is -1.35. The van der Waals surface area contributed by atoms with Crippen molar-refractivity contribution < 1.29 is 4.74 Å². The minimum atomic E-state index is 0.657. The lowest BCUT2D eigenvalue weighted by Gasteiger charge is -2.19.